The van der Waals surface area contributed by atoms with E-state index in [4.69, 9.17) is 9.47 Å². The Hall–Kier alpha value is -2.92. The summed E-state index contributed by atoms with van der Waals surface area (Å²) in [7, 11) is 0.604. The number of hydrogen-bond acceptors (Lipinski definition) is 7. The predicted octanol–water partition coefficient (Wildman–Crippen LogP) is 5.61. The Morgan fingerprint density at radius 3 is 2.49 bits per heavy atom. The molecule has 0 saturated carbocycles. The van der Waals surface area contributed by atoms with E-state index in [1.54, 1.807) is 28.9 Å². The maximum atomic E-state index is 12.4. The average molecular weight is 532 g/mol. The van der Waals surface area contributed by atoms with Gasteiger partial charge in [-0.05, 0) is 51.3 Å². The molecule has 1 aliphatic rings. The molecule has 204 valence electrons. The van der Waals surface area contributed by atoms with Gasteiger partial charge in [-0.3, -0.25) is 10.1 Å². The third kappa shape index (κ3) is 8.29. The van der Waals surface area contributed by atoms with Crippen LogP contribution in [-0.4, -0.2) is 72.2 Å². The van der Waals surface area contributed by atoms with E-state index in [1.165, 1.54) is 0 Å². The Labute approximate surface area is 220 Å². The maximum Gasteiger partial charge on any atom is 0.410 e. The molecule has 1 aliphatic heterocycles. The van der Waals surface area contributed by atoms with E-state index < -0.39 is 13.7 Å². The first kappa shape index (κ1) is 28.6. The highest BCUT2D eigenvalue weighted by Gasteiger charge is 2.30. The number of anilines is 1. The third-order valence-corrected chi connectivity index (χ3v) is 8.10. The van der Waals surface area contributed by atoms with E-state index in [0.717, 1.165) is 17.2 Å². The lowest BCUT2D eigenvalue weighted by molar-refractivity contribution is -0.384. The number of piperidine rings is 1. The molecule has 1 saturated heterocycles. The van der Waals surface area contributed by atoms with Crippen molar-refractivity contribution < 1.29 is 19.2 Å². The molecule has 0 unspecified atom stereocenters. The Morgan fingerprint density at radius 2 is 1.89 bits per heavy atom. The van der Waals surface area contributed by atoms with Crippen molar-refractivity contribution in [3.63, 3.8) is 0 Å². The summed E-state index contributed by atoms with van der Waals surface area (Å²) in [4.78, 5) is 27.7. The van der Waals surface area contributed by atoms with Crippen LogP contribution in [0.2, 0.25) is 25.7 Å². The number of nitro groups is 1. The number of carbonyl (C=O) groups is 1. The van der Waals surface area contributed by atoms with Crippen LogP contribution in [0, 0.1) is 10.1 Å². The average Bonchev–Trinajstić information content (AvgIpc) is 3.28. The van der Waals surface area contributed by atoms with Crippen LogP contribution in [0.5, 0.6) is 0 Å². The van der Waals surface area contributed by atoms with Crippen LogP contribution in [0.25, 0.3) is 11.1 Å². The first-order chi connectivity index (χ1) is 17.2. The van der Waals surface area contributed by atoms with Gasteiger partial charge in [0.15, 0.2) is 0 Å². The second kappa shape index (κ2) is 11.6. The molecule has 1 fully saturated rings. The van der Waals surface area contributed by atoms with Gasteiger partial charge in [0.25, 0.3) is 5.69 Å². The van der Waals surface area contributed by atoms with Crippen LogP contribution in [0.4, 0.5) is 16.2 Å². The molecule has 2 heterocycles. The molecule has 11 heteroatoms. The number of benzene rings is 1. The van der Waals surface area contributed by atoms with Crippen LogP contribution in [0.1, 0.15) is 33.6 Å². The summed E-state index contributed by atoms with van der Waals surface area (Å²) in [6, 6.07) is 6.44. The zero-order valence-corrected chi connectivity index (χ0v) is 24.2. The lowest BCUT2D eigenvalue weighted by atomic mass is 10.0. The van der Waals surface area contributed by atoms with Crippen LogP contribution < -0.4 is 4.90 Å². The largest absolute Gasteiger partial charge is 0.444 e. The number of ether oxygens (including phenoxy) is 2. The molecular formula is C26H41N5O5Si. The van der Waals surface area contributed by atoms with Crippen molar-refractivity contribution >= 4 is 25.5 Å². The topological polar surface area (TPSA) is 103 Å². The number of nitro benzene ring substituents is 1. The molecule has 0 bridgehead atoms. The van der Waals surface area contributed by atoms with Crippen LogP contribution >= 0.6 is 0 Å². The van der Waals surface area contributed by atoms with E-state index in [9.17, 15) is 14.9 Å². The molecule has 0 radical (unpaired) electrons. The molecule has 2 aromatic rings. The van der Waals surface area contributed by atoms with E-state index in [1.807, 2.05) is 44.0 Å². The third-order valence-electron chi connectivity index (χ3n) is 6.39. The van der Waals surface area contributed by atoms with Gasteiger partial charge in [-0.1, -0.05) is 25.7 Å². The van der Waals surface area contributed by atoms with Crippen molar-refractivity contribution in [2.24, 2.45) is 0 Å². The molecule has 3 rings (SSSR count). The summed E-state index contributed by atoms with van der Waals surface area (Å²) in [6.45, 7) is 14.8. The smallest absolute Gasteiger partial charge is 0.410 e. The lowest BCUT2D eigenvalue weighted by Crippen LogP contribution is -2.47. The van der Waals surface area contributed by atoms with Crippen molar-refractivity contribution in [1.82, 2.24) is 14.7 Å². The van der Waals surface area contributed by atoms with Gasteiger partial charge in [0.1, 0.15) is 18.0 Å². The van der Waals surface area contributed by atoms with Gasteiger partial charge in [-0.15, -0.1) is 0 Å². The maximum absolute atomic E-state index is 12.4. The quantitative estimate of drug-likeness (QED) is 0.179. The van der Waals surface area contributed by atoms with Crippen LogP contribution in [-0.2, 0) is 16.2 Å². The fourth-order valence-electron chi connectivity index (χ4n) is 4.21. The van der Waals surface area contributed by atoms with Crippen molar-refractivity contribution in [3.8, 4) is 11.1 Å². The van der Waals surface area contributed by atoms with E-state index in [-0.39, 0.29) is 22.7 Å². The fraction of sp³-hybridized carbons (Fsp3) is 0.615. The van der Waals surface area contributed by atoms with Gasteiger partial charge in [-0.25, -0.2) is 9.48 Å². The number of nitrogens with zero attached hydrogens (tertiary/aromatic N) is 5. The summed E-state index contributed by atoms with van der Waals surface area (Å²) in [5.41, 5.74) is 1.65. The van der Waals surface area contributed by atoms with Crippen molar-refractivity contribution in [2.45, 2.75) is 77.7 Å². The SMILES string of the molecule is CN(C(=O)OC(C)(C)C)C1CCN(c2ccc(-c3cnn(COCC[Si](C)(C)C)c3)cc2[N+](=O)[O-])CC1. The van der Waals surface area contributed by atoms with Gasteiger partial charge < -0.3 is 19.3 Å². The molecule has 10 nitrogen and oxygen atoms in total. The molecule has 1 aromatic heterocycles. The van der Waals surface area contributed by atoms with Crippen LogP contribution in [0.3, 0.4) is 0 Å². The summed E-state index contributed by atoms with van der Waals surface area (Å²) < 4.78 is 13.0. The normalized spacial score (nSPS) is 15.1. The lowest BCUT2D eigenvalue weighted by Gasteiger charge is -2.38. The van der Waals surface area contributed by atoms with Gasteiger partial charge in [0.2, 0.25) is 0 Å². The highest BCUT2D eigenvalue weighted by atomic mass is 28.3. The van der Waals surface area contributed by atoms with Crippen molar-refractivity contribution in [2.75, 3.05) is 31.6 Å². The standard InChI is InChI=1S/C26H41N5O5Si/c1-26(2,3)36-25(32)28(4)22-10-12-29(13-11-22)23-9-8-20(16-24(23)31(33)34)21-17-27-30(18-21)19-35-14-15-37(5,6)7/h8-9,16-18,22H,10-15,19H2,1-7H3. The summed E-state index contributed by atoms with van der Waals surface area (Å²) >= 11 is 0. The predicted molar refractivity (Wildman–Crippen MR) is 148 cm³/mol. The van der Waals surface area contributed by atoms with Gasteiger partial charge >= 0.3 is 6.09 Å². The summed E-state index contributed by atoms with van der Waals surface area (Å²) in [6.07, 6.45) is 4.63. The number of carbonyl (C=O) groups excluding carboxylic acids is 1. The van der Waals surface area contributed by atoms with E-state index in [2.05, 4.69) is 24.7 Å². The molecular weight excluding hydrogens is 490 g/mol. The van der Waals surface area contributed by atoms with Gasteiger partial charge in [-0.2, -0.15) is 5.10 Å². The minimum atomic E-state index is -1.15. The zero-order valence-electron chi connectivity index (χ0n) is 23.2. The highest BCUT2D eigenvalue weighted by Crippen LogP contribution is 2.35. The van der Waals surface area contributed by atoms with Crippen molar-refractivity contribution in [3.05, 3.63) is 40.7 Å². The van der Waals surface area contributed by atoms with Gasteiger partial charge in [0, 0.05) is 58.7 Å². The minimum absolute atomic E-state index is 0.0308. The van der Waals surface area contributed by atoms with E-state index in [0.29, 0.717) is 45.0 Å². The molecule has 1 amide bonds. The molecule has 0 atom stereocenters. The summed E-state index contributed by atoms with van der Waals surface area (Å²) in [5.74, 6) is 0. The summed E-state index contributed by atoms with van der Waals surface area (Å²) in [5, 5.41) is 16.3. The molecule has 0 aliphatic carbocycles. The molecule has 0 N–H and O–H groups in total. The highest BCUT2D eigenvalue weighted by molar-refractivity contribution is 6.76. The number of hydrogen-bond donors (Lipinski definition) is 0. The Bertz CT molecular complexity index is 1080. The monoisotopic (exact) mass is 531 g/mol. The minimum Gasteiger partial charge on any atom is -0.444 e. The first-order valence-electron chi connectivity index (χ1n) is 12.8. The first-order valence-corrected chi connectivity index (χ1v) is 16.5. The van der Waals surface area contributed by atoms with E-state index >= 15 is 0 Å². The Kier molecular flexibility index (Phi) is 9.01. The second-order valence-corrected chi connectivity index (χ2v) is 17.5. The number of rotatable bonds is 9. The molecule has 37 heavy (non-hydrogen) atoms. The van der Waals surface area contributed by atoms with Crippen LogP contribution in [0.15, 0.2) is 30.6 Å². The zero-order chi connectivity index (χ0) is 27.4. The number of aromatic nitrogens is 2. The van der Waals surface area contributed by atoms with Crippen molar-refractivity contribution in [1.29, 1.82) is 0 Å². The molecule has 1 aromatic carbocycles. The Balaban J connectivity index is 1.64. The Morgan fingerprint density at radius 1 is 1.22 bits per heavy atom. The van der Waals surface area contributed by atoms with Gasteiger partial charge in [0.05, 0.1) is 11.1 Å². The number of amides is 1. The second-order valence-electron chi connectivity index (χ2n) is 11.9. The fourth-order valence-corrected chi connectivity index (χ4v) is 4.97. The molecule has 0 spiro atoms.